The van der Waals surface area contributed by atoms with E-state index in [0.717, 1.165) is 28.3 Å². The van der Waals surface area contributed by atoms with Gasteiger partial charge in [-0.15, -0.1) is 11.3 Å². The van der Waals surface area contributed by atoms with Crippen molar-refractivity contribution in [2.75, 3.05) is 11.9 Å². The molecule has 3 rings (SSSR count). The molecule has 21 heavy (non-hydrogen) atoms. The number of anilines is 1. The Labute approximate surface area is 131 Å². The quantitative estimate of drug-likeness (QED) is 0.759. The van der Waals surface area contributed by atoms with Gasteiger partial charge in [0.1, 0.15) is 23.0 Å². The molecule has 0 radical (unpaired) electrons. The predicted molar refractivity (Wildman–Crippen MR) is 87.4 cm³/mol. The average Bonchev–Trinajstić information content (AvgIpc) is 2.96. The van der Waals surface area contributed by atoms with Crippen molar-refractivity contribution in [3.8, 4) is 5.75 Å². The van der Waals surface area contributed by atoms with E-state index in [2.05, 4.69) is 15.3 Å². The van der Waals surface area contributed by atoms with Gasteiger partial charge in [-0.3, -0.25) is 0 Å². The van der Waals surface area contributed by atoms with Crippen LogP contribution in [0.4, 0.5) is 5.82 Å². The molecule has 1 N–H and O–H groups in total. The van der Waals surface area contributed by atoms with Crippen molar-refractivity contribution in [3.63, 3.8) is 0 Å². The molecule has 0 unspecified atom stereocenters. The SMILES string of the molecule is CCNc1nc(COc2ccc(Cl)cc2)nc2sccc12. The number of nitrogens with zero attached hydrogens (tertiary/aromatic N) is 2. The zero-order valence-corrected chi connectivity index (χ0v) is 13.0. The molecule has 0 amide bonds. The molecule has 3 aromatic rings. The van der Waals surface area contributed by atoms with Gasteiger partial charge in [-0.1, -0.05) is 11.6 Å². The van der Waals surface area contributed by atoms with E-state index in [-0.39, 0.29) is 0 Å². The third kappa shape index (κ3) is 3.25. The summed E-state index contributed by atoms with van der Waals surface area (Å²) in [7, 11) is 0. The van der Waals surface area contributed by atoms with Crippen molar-refractivity contribution < 1.29 is 4.74 Å². The van der Waals surface area contributed by atoms with E-state index in [1.807, 2.05) is 30.5 Å². The second kappa shape index (κ2) is 6.28. The topological polar surface area (TPSA) is 47.0 Å². The van der Waals surface area contributed by atoms with Crippen LogP contribution < -0.4 is 10.1 Å². The Balaban J connectivity index is 1.81. The number of nitrogens with one attached hydrogen (secondary N) is 1. The Bertz CT molecular complexity index is 742. The molecule has 4 nitrogen and oxygen atoms in total. The lowest BCUT2D eigenvalue weighted by Crippen LogP contribution is -2.06. The maximum Gasteiger partial charge on any atom is 0.169 e. The second-order valence-corrected chi connectivity index (χ2v) is 5.73. The van der Waals surface area contributed by atoms with Gasteiger partial charge in [0, 0.05) is 11.6 Å². The first-order valence-corrected chi connectivity index (χ1v) is 7.88. The van der Waals surface area contributed by atoms with Gasteiger partial charge in [0.05, 0.1) is 5.39 Å². The Morgan fingerprint density at radius 3 is 2.76 bits per heavy atom. The normalized spacial score (nSPS) is 10.8. The maximum atomic E-state index is 5.85. The van der Waals surface area contributed by atoms with Crippen molar-refractivity contribution in [2.45, 2.75) is 13.5 Å². The molecule has 0 spiro atoms. The minimum Gasteiger partial charge on any atom is -0.486 e. The van der Waals surface area contributed by atoms with Gasteiger partial charge >= 0.3 is 0 Å². The summed E-state index contributed by atoms with van der Waals surface area (Å²) in [6, 6.07) is 9.28. The van der Waals surface area contributed by atoms with Crippen LogP contribution >= 0.6 is 22.9 Å². The van der Waals surface area contributed by atoms with Crippen molar-refractivity contribution in [3.05, 3.63) is 46.6 Å². The zero-order valence-electron chi connectivity index (χ0n) is 11.5. The molecule has 6 heteroatoms. The number of hydrogen-bond acceptors (Lipinski definition) is 5. The van der Waals surface area contributed by atoms with Crippen LogP contribution in [0.25, 0.3) is 10.2 Å². The van der Waals surface area contributed by atoms with Gasteiger partial charge in [0.2, 0.25) is 0 Å². The van der Waals surface area contributed by atoms with E-state index in [1.54, 1.807) is 23.5 Å². The largest absolute Gasteiger partial charge is 0.486 e. The van der Waals surface area contributed by atoms with Crippen LogP contribution in [0.3, 0.4) is 0 Å². The molecule has 0 aliphatic heterocycles. The van der Waals surface area contributed by atoms with Crippen molar-refractivity contribution in [2.24, 2.45) is 0 Å². The van der Waals surface area contributed by atoms with E-state index in [9.17, 15) is 0 Å². The number of hydrogen-bond donors (Lipinski definition) is 1. The molecule has 0 aliphatic rings. The summed E-state index contributed by atoms with van der Waals surface area (Å²) in [4.78, 5) is 10.0. The summed E-state index contributed by atoms with van der Waals surface area (Å²) in [5.74, 6) is 2.27. The molecule has 0 atom stereocenters. The highest BCUT2D eigenvalue weighted by Crippen LogP contribution is 2.25. The molecule has 0 aliphatic carbocycles. The standard InChI is InChI=1S/C15H14ClN3OS/c1-2-17-14-12-7-8-21-15(12)19-13(18-14)9-20-11-5-3-10(16)4-6-11/h3-8H,2,9H2,1H3,(H,17,18,19). The van der Waals surface area contributed by atoms with Gasteiger partial charge < -0.3 is 10.1 Å². The first kappa shape index (κ1) is 14.1. The minimum atomic E-state index is 0.327. The minimum absolute atomic E-state index is 0.327. The molecule has 0 bridgehead atoms. The fraction of sp³-hybridized carbons (Fsp3) is 0.200. The highest BCUT2D eigenvalue weighted by atomic mass is 35.5. The summed E-state index contributed by atoms with van der Waals surface area (Å²) in [6.45, 7) is 3.19. The van der Waals surface area contributed by atoms with E-state index in [4.69, 9.17) is 16.3 Å². The van der Waals surface area contributed by atoms with Crippen LogP contribution in [0, 0.1) is 0 Å². The summed E-state index contributed by atoms with van der Waals surface area (Å²) >= 11 is 7.45. The monoisotopic (exact) mass is 319 g/mol. The number of thiophene rings is 1. The number of halogens is 1. The predicted octanol–water partition coefficient (Wildman–Crippen LogP) is 4.36. The molecule has 0 fully saturated rings. The van der Waals surface area contributed by atoms with Crippen LogP contribution in [-0.2, 0) is 6.61 Å². The van der Waals surface area contributed by atoms with Crippen molar-refractivity contribution in [1.82, 2.24) is 9.97 Å². The zero-order chi connectivity index (χ0) is 14.7. The summed E-state index contributed by atoms with van der Waals surface area (Å²) in [5, 5.41) is 7.02. The molecular weight excluding hydrogens is 306 g/mol. The number of fused-ring (bicyclic) bond motifs is 1. The highest BCUT2D eigenvalue weighted by molar-refractivity contribution is 7.16. The first-order chi connectivity index (χ1) is 10.3. The Hall–Kier alpha value is -1.85. The van der Waals surface area contributed by atoms with E-state index < -0.39 is 0 Å². The molecule has 0 saturated carbocycles. The molecule has 108 valence electrons. The van der Waals surface area contributed by atoms with Crippen LogP contribution in [0.2, 0.25) is 5.02 Å². The van der Waals surface area contributed by atoms with Gasteiger partial charge in [0.15, 0.2) is 5.82 Å². The smallest absolute Gasteiger partial charge is 0.169 e. The summed E-state index contributed by atoms with van der Waals surface area (Å²) < 4.78 is 5.70. The number of aromatic nitrogens is 2. The highest BCUT2D eigenvalue weighted by Gasteiger charge is 2.08. The lowest BCUT2D eigenvalue weighted by Gasteiger charge is -2.08. The maximum absolute atomic E-state index is 5.85. The number of ether oxygens (including phenoxy) is 1. The third-order valence-electron chi connectivity index (χ3n) is 2.90. The molecule has 2 aromatic heterocycles. The second-order valence-electron chi connectivity index (χ2n) is 4.40. The number of benzene rings is 1. The van der Waals surface area contributed by atoms with Crippen molar-refractivity contribution >= 4 is 39.0 Å². The van der Waals surface area contributed by atoms with Crippen LogP contribution in [0.1, 0.15) is 12.7 Å². The summed E-state index contributed by atoms with van der Waals surface area (Å²) in [6.07, 6.45) is 0. The Morgan fingerprint density at radius 1 is 1.19 bits per heavy atom. The van der Waals surface area contributed by atoms with Crippen LogP contribution in [0.15, 0.2) is 35.7 Å². The fourth-order valence-electron chi connectivity index (χ4n) is 1.95. The van der Waals surface area contributed by atoms with Crippen LogP contribution in [-0.4, -0.2) is 16.5 Å². The first-order valence-electron chi connectivity index (χ1n) is 6.62. The Kier molecular flexibility index (Phi) is 4.22. The van der Waals surface area contributed by atoms with Crippen LogP contribution in [0.5, 0.6) is 5.75 Å². The Morgan fingerprint density at radius 2 is 2.00 bits per heavy atom. The van der Waals surface area contributed by atoms with E-state index in [0.29, 0.717) is 17.5 Å². The van der Waals surface area contributed by atoms with Gasteiger partial charge in [-0.2, -0.15) is 0 Å². The van der Waals surface area contributed by atoms with E-state index in [1.165, 1.54) is 0 Å². The molecule has 1 aromatic carbocycles. The van der Waals surface area contributed by atoms with Gasteiger partial charge in [-0.05, 0) is 42.6 Å². The molecular formula is C15H14ClN3OS. The summed E-state index contributed by atoms with van der Waals surface area (Å²) in [5.41, 5.74) is 0. The molecule has 2 heterocycles. The number of rotatable bonds is 5. The van der Waals surface area contributed by atoms with Gasteiger partial charge in [0.25, 0.3) is 0 Å². The molecule has 0 saturated heterocycles. The fourth-order valence-corrected chi connectivity index (χ4v) is 2.85. The van der Waals surface area contributed by atoms with Crippen molar-refractivity contribution in [1.29, 1.82) is 0 Å². The lowest BCUT2D eigenvalue weighted by molar-refractivity contribution is 0.296. The lowest BCUT2D eigenvalue weighted by atomic mass is 10.3. The third-order valence-corrected chi connectivity index (χ3v) is 3.96. The average molecular weight is 320 g/mol. The van der Waals surface area contributed by atoms with E-state index >= 15 is 0 Å². The van der Waals surface area contributed by atoms with Gasteiger partial charge in [-0.25, -0.2) is 9.97 Å².